The Labute approximate surface area is 131 Å². The highest BCUT2D eigenvalue weighted by Crippen LogP contribution is 2.38. The largest absolute Gasteiger partial charge is 0.352 e. The number of nitrogens with zero attached hydrogens (tertiary/aromatic N) is 3. The van der Waals surface area contributed by atoms with Crippen LogP contribution in [0.3, 0.4) is 0 Å². The monoisotopic (exact) mass is 307 g/mol. The van der Waals surface area contributed by atoms with Crippen molar-refractivity contribution < 1.29 is 4.79 Å². The zero-order valence-electron chi connectivity index (χ0n) is 12.8. The summed E-state index contributed by atoms with van der Waals surface area (Å²) >= 11 is 1.76. The summed E-state index contributed by atoms with van der Waals surface area (Å²) in [5.74, 6) is 0.921. The molecule has 0 spiro atoms. The second kappa shape index (κ2) is 6.88. The van der Waals surface area contributed by atoms with Gasteiger partial charge in [-0.1, -0.05) is 6.42 Å². The zero-order chi connectivity index (χ0) is 14.7. The van der Waals surface area contributed by atoms with E-state index in [2.05, 4.69) is 39.7 Å². The Kier molecular flexibility index (Phi) is 4.91. The van der Waals surface area contributed by atoms with Gasteiger partial charge in [-0.2, -0.15) is 0 Å². The summed E-state index contributed by atoms with van der Waals surface area (Å²) in [6, 6.07) is 4.19. The van der Waals surface area contributed by atoms with Gasteiger partial charge in [0.05, 0.1) is 11.4 Å². The topological polar surface area (TPSA) is 28.5 Å². The fourth-order valence-electron chi connectivity index (χ4n) is 3.32. The lowest BCUT2D eigenvalue weighted by Crippen LogP contribution is -2.35. The number of aromatic nitrogens is 1. The van der Waals surface area contributed by atoms with Gasteiger partial charge in [-0.3, -0.25) is 4.79 Å². The number of carbonyl (C=O) groups excluding carboxylic acids is 1. The standard InChI is InChI=1S/C16H25N3OS/c1-17-8-5-7-14(17)16-19(15(20)13-21-16)12-6-11-18-9-3-2-4-10-18/h5,7-8,16H,2-4,6,9-13H2,1H3. The molecule has 0 aromatic carbocycles. The van der Waals surface area contributed by atoms with E-state index >= 15 is 0 Å². The number of rotatable bonds is 5. The van der Waals surface area contributed by atoms with Gasteiger partial charge in [0.15, 0.2) is 0 Å². The maximum absolute atomic E-state index is 12.2. The molecule has 2 fully saturated rings. The third-order valence-corrected chi connectivity index (χ3v) is 5.75. The van der Waals surface area contributed by atoms with E-state index in [4.69, 9.17) is 0 Å². The molecule has 0 bridgehead atoms. The molecule has 1 amide bonds. The summed E-state index contributed by atoms with van der Waals surface area (Å²) in [5, 5.41) is 0.207. The molecule has 116 valence electrons. The first kappa shape index (κ1) is 15.0. The van der Waals surface area contributed by atoms with Crippen LogP contribution in [0.4, 0.5) is 0 Å². The van der Waals surface area contributed by atoms with Crippen LogP contribution in [0, 0.1) is 0 Å². The van der Waals surface area contributed by atoms with E-state index in [1.807, 2.05) is 0 Å². The van der Waals surface area contributed by atoms with E-state index in [9.17, 15) is 4.79 Å². The number of amides is 1. The fourth-order valence-corrected chi connectivity index (χ4v) is 4.60. The number of carbonyl (C=O) groups is 1. The molecule has 1 atom stereocenters. The summed E-state index contributed by atoms with van der Waals surface area (Å²) in [6.07, 6.45) is 7.21. The maximum atomic E-state index is 12.2. The SMILES string of the molecule is Cn1cccc1C1SCC(=O)N1CCCN1CCCCC1. The van der Waals surface area contributed by atoms with Crippen LogP contribution in [0.15, 0.2) is 18.3 Å². The highest BCUT2D eigenvalue weighted by Gasteiger charge is 2.33. The second-order valence-electron chi connectivity index (χ2n) is 6.05. The van der Waals surface area contributed by atoms with Gasteiger partial charge in [0.25, 0.3) is 0 Å². The number of hydrogen-bond donors (Lipinski definition) is 0. The molecule has 0 aliphatic carbocycles. The van der Waals surface area contributed by atoms with Gasteiger partial charge in [0, 0.05) is 19.8 Å². The van der Waals surface area contributed by atoms with Gasteiger partial charge in [0.2, 0.25) is 5.91 Å². The van der Waals surface area contributed by atoms with Crippen LogP contribution < -0.4 is 0 Å². The molecule has 2 aliphatic rings. The smallest absolute Gasteiger partial charge is 0.233 e. The number of thioether (sulfide) groups is 1. The predicted octanol–water partition coefficient (Wildman–Crippen LogP) is 2.48. The molecule has 4 nitrogen and oxygen atoms in total. The van der Waals surface area contributed by atoms with E-state index in [1.165, 1.54) is 38.0 Å². The number of piperidine rings is 1. The first-order valence-electron chi connectivity index (χ1n) is 8.00. The van der Waals surface area contributed by atoms with Crippen LogP contribution >= 0.6 is 11.8 Å². The Morgan fingerprint density at radius 2 is 2.05 bits per heavy atom. The van der Waals surface area contributed by atoms with Crippen molar-refractivity contribution in [2.75, 3.05) is 31.9 Å². The maximum Gasteiger partial charge on any atom is 0.233 e. The third-order valence-electron chi connectivity index (χ3n) is 4.53. The molecule has 2 aliphatic heterocycles. The van der Waals surface area contributed by atoms with Gasteiger partial charge in [-0.05, 0) is 51.0 Å². The fraction of sp³-hybridized carbons (Fsp3) is 0.688. The molecule has 1 aromatic heterocycles. The third kappa shape index (κ3) is 3.46. The van der Waals surface area contributed by atoms with Gasteiger partial charge in [0.1, 0.15) is 5.37 Å². The van der Waals surface area contributed by atoms with Crippen LogP contribution in [0.2, 0.25) is 0 Å². The molecule has 1 aromatic rings. The van der Waals surface area contributed by atoms with Gasteiger partial charge in [-0.25, -0.2) is 0 Å². The van der Waals surface area contributed by atoms with Gasteiger partial charge in [-0.15, -0.1) is 11.8 Å². The van der Waals surface area contributed by atoms with E-state index in [1.54, 1.807) is 11.8 Å². The molecular weight excluding hydrogens is 282 g/mol. The summed E-state index contributed by atoms with van der Waals surface area (Å²) in [4.78, 5) is 16.8. The van der Waals surface area contributed by atoms with Crippen molar-refractivity contribution >= 4 is 17.7 Å². The molecule has 3 heterocycles. The van der Waals surface area contributed by atoms with Crippen molar-refractivity contribution in [3.8, 4) is 0 Å². The molecule has 2 saturated heterocycles. The minimum Gasteiger partial charge on any atom is -0.352 e. The molecular formula is C16H25N3OS. The Hall–Kier alpha value is -0.940. The Morgan fingerprint density at radius 3 is 2.76 bits per heavy atom. The van der Waals surface area contributed by atoms with E-state index in [-0.39, 0.29) is 5.37 Å². The van der Waals surface area contributed by atoms with Crippen LogP contribution in [0.25, 0.3) is 0 Å². The zero-order valence-corrected chi connectivity index (χ0v) is 13.6. The van der Waals surface area contributed by atoms with E-state index in [0.717, 1.165) is 19.5 Å². The van der Waals surface area contributed by atoms with Crippen LogP contribution in [-0.4, -0.2) is 52.2 Å². The molecule has 21 heavy (non-hydrogen) atoms. The highest BCUT2D eigenvalue weighted by molar-refractivity contribution is 8.00. The minimum atomic E-state index is 0.207. The molecule has 5 heteroatoms. The van der Waals surface area contributed by atoms with Gasteiger partial charge < -0.3 is 14.4 Å². The average molecular weight is 307 g/mol. The lowest BCUT2D eigenvalue weighted by Gasteiger charge is -2.29. The first-order chi connectivity index (χ1) is 10.3. The van der Waals surface area contributed by atoms with Gasteiger partial charge >= 0.3 is 0 Å². The molecule has 0 saturated carbocycles. The van der Waals surface area contributed by atoms with Crippen molar-refractivity contribution in [3.63, 3.8) is 0 Å². The van der Waals surface area contributed by atoms with Crippen LogP contribution in [0.5, 0.6) is 0 Å². The van der Waals surface area contributed by atoms with Crippen LogP contribution in [-0.2, 0) is 11.8 Å². The predicted molar refractivity (Wildman–Crippen MR) is 87.2 cm³/mol. The van der Waals surface area contributed by atoms with Crippen molar-refractivity contribution in [1.29, 1.82) is 0 Å². The normalized spacial score (nSPS) is 24.0. The lowest BCUT2D eigenvalue weighted by molar-refractivity contribution is -0.128. The van der Waals surface area contributed by atoms with Crippen molar-refractivity contribution in [2.24, 2.45) is 7.05 Å². The number of likely N-dealkylation sites (tertiary alicyclic amines) is 1. The highest BCUT2D eigenvalue weighted by atomic mass is 32.2. The summed E-state index contributed by atoms with van der Waals surface area (Å²) in [6.45, 7) is 4.50. The second-order valence-corrected chi connectivity index (χ2v) is 7.12. The Balaban J connectivity index is 1.55. The summed E-state index contributed by atoms with van der Waals surface area (Å²) in [5.41, 5.74) is 1.24. The van der Waals surface area contributed by atoms with Crippen molar-refractivity contribution in [1.82, 2.24) is 14.4 Å². The van der Waals surface area contributed by atoms with E-state index in [0.29, 0.717) is 11.7 Å². The van der Waals surface area contributed by atoms with Crippen LogP contribution in [0.1, 0.15) is 36.8 Å². The van der Waals surface area contributed by atoms with E-state index < -0.39 is 0 Å². The Bertz CT molecular complexity index is 482. The Morgan fingerprint density at radius 1 is 1.24 bits per heavy atom. The average Bonchev–Trinajstić information content (AvgIpc) is 3.07. The molecule has 3 rings (SSSR count). The number of hydrogen-bond acceptors (Lipinski definition) is 3. The molecule has 1 unspecified atom stereocenters. The summed E-state index contributed by atoms with van der Waals surface area (Å²) in [7, 11) is 2.06. The van der Waals surface area contributed by atoms with Crippen molar-refractivity contribution in [3.05, 3.63) is 24.0 Å². The molecule has 0 N–H and O–H groups in total. The quantitative estimate of drug-likeness (QED) is 0.837. The first-order valence-corrected chi connectivity index (χ1v) is 9.05. The number of aryl methyl sites for hydroxylation is 1. The van der Waals surface area contributed by atoms with Crippen molar-refractivity contribution in [2.45, 2.75) is 31.1 Å². The lowest BCUT2D eigenvalue weighted by atomic mass is 10.1. The minimum absolute atomic E-state index is 0.207. The molecule has 0 radical (unpaired) electrons. The summed E-state index contributed by atoms with van der Waals surface area (Å²) < 4.78 is 2.13.